The van der Waals surface area contributed by atoms with Gasteiger partial charge in [0.25, 0.3) is 6.47 Å². The Bertz CT molecular complexity index is 506. The van der Waals surface area contributed by atoms with E-state index in [1.807, 2.05) is 0 Å². The Balaban J connectivity index is 0.000000315. The molecule has 1 aromatic heterocycles. The van der Waals surface area contributed by atoms with Gasteiger partial charge in [0.05, 0.1) is 6.61 Å². The minimum absolute atomic E-state index is 0.0365. The van der Waals surface area contributed by atoms with Crippen molar-refractivity contribution < 1.29 is 19.1 Å². The molecule has 0 spiro atoms. The van der Waals surface area contributed by atoms with Crippen molar-refractivity contribution in [1.82, 2.24) is 9.97 Å². The van der Waals surface area contributed by atoms with Crippen molar-refractivity contribution in [2.24, 2.45) is 0 Å². The first kappa shape index (κ1) is 17.2. The molecule has 1 heterocycles. The zero-order valence-corrected chi connectivity index (χ0v) is 12.7. The SMILES string of the molecule is CCOC(C)=O.Nc1nc(C2CC2)nc(COC=O)c1Cl. The van der Waals surface area contributed by atoms with Crippen LogP contribution >= 0.6 is 11.6 Å². The summed E-state index contributed by atoms with van der Waals surface area (Å²) in [7, 11) is 0. The van der Waals surface area contributed by atoms with Gasteiger partial charge in [-0.1, -0.05) is 11.6 Å². The summed E-state index contributed by atoms with van der Waals surface area (Å²) < 4.78 is 9.00. The van der Waals surface area contributed by atoms with Crippen LogP contribution in [0.3, 0.4) is 0 Å². The normalized spacial score (nSPS) is 12.9. The van der Waals surface area contributed by atoms with Crippen LogP contribution in [0.4, 0.5) is 5.82 Å². The number of carbonyl (C=O) groups is 2. The highest BCUT2D eigenvalue weighted by molar-refractivity contribution is 6.33. The van der Waals surface area contributed by atoms with Crippen LogP contribution in [0, 0.1) is 0 Å². The molecule has 0 aliphatic heterocycles. The van der Waals surface area contributed by atoms with Crippen LogP contribution in [0.2, 0.25) is 5.02 Å². The van der Waals surface area contributed by atoms with Crippen LogP contribution in [-0.4, -0.2) is 29.0 Å². The monoisotopic (exact) mass is 315 g/mol. The van der Waals surface area contributed by atoms with Gasteiger partial charge in [-0.2, -0.15) is 0 Å². The summed E-state index contributed by atoms with van der Waals surface area (Å²) in [6, 6.07) is 0. The van der Waals surface area contributed by atoms with Gasteiger partial charge < -0.3 is 15.2 Å². The molecule has 2 N–H and O–H groups in total. The molecule has 1 aliphatic rings. The molecule has 0 saturated heterocycles. The summed E-state index contributed by atoms with van der Waals surface area (Å²) in [5, 5.41) is 0.265. The second-order valence-corrected chi connectivity index (χ2v) is 4.71. The van der Waals surface area contributed by atoms with Gasteiger partial charge in [-0.3, -0.25) is 9.59 Å². The quantitative estimate of drug-likeness (QED) is 0.652. The lowest BCUT2D eigenvalue weighted by Gasteiger charge is -2.06. The highest BCUT2D eigenvalue weighted by Gasteiger charge is 2.28. The van der Waals surface area contributed by atoms with Crippen molar-refractivity contribution in [2.45, 2.75) is 39.2 Å². The van der Waals surface area contributed by atoms with E-state index in [-0.39, 0.29) is 23.4 Å². The number of hydrogen-bond donors (Lipinski definition) is 1. The van der Waals surface area contributed by atoms with Crippen molar-refractivity contribution >= 4 is 29.9 Å². The summed E-state index contributed by atoms with van der Waals surface area (Å²) in [4.78, 5) is 28.2. The Labute approximate surface area is 127 Å². The summed E-state index contributed by atoms with van der Waals surface area (Å²) in [6.45, 7) is 4.04. The fourth-order valence-electron chi connectivity index (χ4n) is 1.47. The Morgan fingerprint density at radius 3 is 2.57 bits per heavy atom. The molecule has 7 nitrogen and oxygen atoms in total. The lowest BCUT2D eigenvalue weighted by molar-refractivity contribution is -0.140. The number of esters is 1. The minimum atomic E-state index is -0.211. The Morgan fingerprint density at radius 2 is 2.14 bits per heavy atom. The van der Waals surface area contributed by atoms with Gasteiger partial charge in [-0.15, -0.1) is 0 Å². The molecular weight excluding hydrogens is 298 g/mol. The third kappa shape index (κ3) is 5.95. The first-order chi connectivity index (χ1) is 9.99. The summed E-state index contributed by atoms with van der Waals surface area (Å²) in [5.41, 5.74) is 6.10. The average Bonchev–Trinajstić information content (AvgIpc) is 3.25. The average molecular weight is 316 g/mol. The Morgan fingerprint density at radius 1 is 1.48 bits per heavy atom. The van der Waals surface area contributed by atoms with Crippen molar-refractivity contribution in [2.75, 3.05) is 12.3 Å². The van der Waals surface area contributed by atoms with Gasteiger partial charge in [0.2, 0.25) is 0 Å². The number of ether oxygens (including phenoxy) is 2. The molecule has 2 rings (SSSR count). The van der Waals surface area contributed by atoms with E-state index >= 15 is 0 Å². The van der Waals surface area contributed by atoms with Gasteiger partial charge in [0, 0.05) is 12.8 Å². The molecule has 116 valence electrons. The molecule has 0 amide bonds. The molecule has 0 radical (unpaired) electrons. The van der Waals surface area contributed by atoms with E-state index in [0.29, 0.717) is 30.5 Å². The third-order valence-electron chi connectivity index (χ3n) is 2.54. The number of rotatable bonds is 5. The number of nitrogens with two attached hydrogens (primary N) is 1. The minimum Gasteiger partial charge on any atom is -0.466 e. The zero-order chi connectivity index (χ0) is 15.8. The van der Waals surface area contributed by atoms with Crippen LogP contribution in [0.1, 0.15) is 44.1 Å². The van der Waals surface area contributed by atoms with Crippen molar-refractivity contribution in [1.29, 1.82) is 0 Å². The van der Waals surface area contributed by atoms with E-state index in [0.717, 1.165) is 12.8 Å². The topological polar surface area (TPSA) is 104 Å². The van der Waals surface area contributed by atoms with Crippen LogP contribution in [0.5, 0.6) is 0 Å². The molecule has 0 atom stereocenters. The Hall–Kier alpha value is -1.89. The van der Waals surface area contributed by atoms with Gasteiger partial charge in [-0.25, -0.2) is 9.97 Å². The standard InChI is InChI=1S/C9H10ClN3O2.C4H8O2/c10-7-6(3-15-4-14)12-9(5-1-2-5)13-8(7)11;1-3-6-4(2)5/h4-5H,1-3H2,(H2,11,12,13);3H2,1-2H3. The molecule has 8 heteroatoms. The predicted molar refractivity (Wildman–Crippen MR) is 76.6 cm³/mol. The summed E-state index contributed by atoms with van der Waals surface area (Å²) in [5.74, 6) is 1.12. The summed E-state index contributed by atoms with van der Waals surface area (Å²) in [6.07, 6.45) is 2.16. The predicted octanol–water partition coefficient (Wildman–Crippen LogP) is 1.83. The van der Waals surface area contributed by atoms with Gasteiger partial charge in [0.15, 0.2) is 0 Å². The lowest BCUT2D eigenvalue weighted by atomic mass is 10.3. The third-order valence-corrected chi connectivity index (χ3v) is 2.95. The number of anilines is 1. The van der Waals surface area contributed by atoms with E-state index < -0.39 is 0 Å². The Kier molecular flexibility index (Phi) is 6.87. The maximum absolute atomic E-state index is 10.1. The number of nitrogen functional groups attached to an aromatic ring is 1. The van der Waals surface area contributed by atoms with Crippen LogP contribution in [-0.2, 0) is 25.7 Å². The molecule has 0 aromatic carbocycles. The first-order valence-corrected chi connectivity index (χ1v) is 6.87. The van der Waals surface area contributed by atoms with Gasteiger partial charge in [0.1, 0.15) is 29.0 Å². The number of carbonyl (C=O) groups excluding carboxylic acids is 2. The maximum Gasteiger partial charge on any atom is 0.302 e. The van der Waals surface area contributed by atoms with Crippen molar-refractivity contribution in [3.8, 4) is 0 Å². The number of hydrogen-bond acceptors (Lipinski definition) is 7. The second-order valence-electron chi connectivity index (χ2n) is 4.33. The van der Waals surface area contributed by atoms with E-state index in [9.17, 15) is 9.59 Å². The van der Waals surface area contributed by atoms with Crippen LogP contribution < -0.4 is 5.73 Å². The largest absolute Gasteiger partial charge is 0.466 e. The summed E-state index contributed by atoms with van der Waals surface area (Å²) >= 11 is 5.88. The molecular formula is C13H18ClN3O4. The van der Waals surface area contributed by atoms with E-state index in [1.165, 1.54) is 6.92 Å². The van der Waals surface area contributed by atoms with Gasteiger partial charge >= 0.3 is 5.97 Å². The smallest absolute Gasteiger partial charge is 0.302 e. The number of nitrogens with zero attached hydrogens (tertiary/aromatic N) is 2. The van der Waals surface area contributed by atoms with E-state index in [4.69, 9.17) is 17.3 Å². The molecule has 21 heavy (non-hydrogen) atoms. The lowest BCUT2D eigenvalue weighted by Crippen LogP contribution is -2.05. The van der Waals surface area contributed by atoms with Crippen LogP contribution in [0.15, 0.2) is 0 Å². The van der Waals surface area contributed by atoms with Crippen molar-refractivity contribution in [3.05, 3.63) is 16.5 Å². The molecule has 1 saturated carbocycles. The number of halogens is 1. The molecule has 0 unspecified atom stereocenters. The fourth-order valence-corrected chi connectivity index (χ4v) is 1.61. The van der Waals surface area contributed by atoms with Crippen LogP contribution in [0.25, 0.3) is 0 Å². The molecule has 1 fully saturated rings. The van der Waals surface area contributed by atoms with E-state index in [2.05, 4.69) is 19.4 Å². The highest BCUT2D eigenvalue weighted by Crippen LogP contribution is 2.39. The zero-order valence-electron chi connectivity index (χ0n) is 12.0. The highest BCUT2D eigenvalue weighted by atomic mass is 35.5. The molecule has 1 aromatic rings. The van der Waals surface area contributed by atoms with Gasteiger partial charge in [-0.05, 0) is 19.8 Å². The molecule has 1 aliphatic carbocycles. The maximum atomic E-state index is 10.1. The fraction of sp³-hybridized carbons (Fsp3) is 0.538. The first-order valence-electron chi connectivity index (χ1n) is 6.49. The second kappa shape index (κ2) is 8.41. The number of aromatic nitrogens is 2. The van der Waals surface area contributed by atoms with E-state index in [1.54, 1.807) is 6.92 Å². The van der Waals surface area contributed by atoms with Crippen molar-refractivity contribution in [3.63, 3.8) is 0 Å². The molecule has 0 bridgehead atoms.